The van der Waals surface area contributed by atoms with Gasteiger partial charge in [-0.25, -0.2) is 0 Å². The van der Waals surface area contributed by atoms with Crippen LogP contribution in [-0.4, -0.2) is 18.9 Å². The first-order valence-corrected chi connectivity index (χ1v) is 4.71. The predicted octanol–water partition coefficient (Wildman–Crippen LogP) is 0.836. The van der Waals surface area contributed by atoms with Gasteiger partial charge >= 0.3 is 0 Å². The Bertz CT molecular complexity index is 465. The SMILES string of the molecule is CO/C=C1\C(=O)N(c2ccccc2)N=C1N. The molecule has 82 valence electrons. The largest absolute Gasteiger partial charge is 0.503 e. The fourth-order valence-electron chi connectivity index (χ4n) is 1.40. The molecule has 1 aromatic rings. The first-order chi connectivity index (χ1) is 7.74. The molecule has 0 aromatic heterocycles. The lowest BCUT2D eigenvalue weighted by Gasteiger charge is -2.10. The highest BCUT2D eigenvalue weighted by Gasteiger charge is 2.29. The Labute approximate surface area is 92.8 Å². The predicted molar refractivity (Wildman–Crippen MR) is 60.6 cm³/mol. The second kappa shape index (κ2) is 4.06. The lowest BCUT2D eigenvalue weighted by molar-refractivity contribution is -0.114. The number of ether oxygens (including phenoxy) is 1. The highest BCUT2D eigenvalue weighted by atomic mass is 16.5. The summed E-state index contributed by atoms with van der Waals surface area (Å²) in [5.74, 6) is -0.124. The number of hydrazone groups is 1. The van der Waals surface area contributed by atoms with Gasteiger partial charge in [0.05, 0.1) is 19.1 Å². The van der Waals surface area contributed by atoms with E-state index in [9.17, 15) is 4.79 Å². The summed E-state index contributed by atoms with van der Waals surface area (Å²) in [6.45, 7) is 0. The van der Waals surface area contributed by atoms with Gasteiger partial charge in [0.1, 0.15) is 5.57 Å². The van der Waals surface area contributed by atoms with Crippen LogP contribution in [0, 0.1) is 0 Å². The van der Waals surface area contributed by atoms with Crippen LogP contribution >= 0.6 is 0 Å². The van der Waals surface area contributed by atoms with Gasteiger partial charge in [0.25, 0.3) is 5.91 Å². The molecule has 0 fully saturated rings. The van der Waals surface area contributed by atoms with Crippen molar-refractivity contribution < 1.29 is 9.53 Å². The van der Waals surface area contributed by atoms with Gasteiger partial charge in [0.15, 0.2) is 5.84 Å². The molecule has 0 saturated heterocycles. The van der Waals surface area contributed by atoms with Crippen LogP contribution < -0.4 is 10.7 Å². The van der Waals surface area contributed by atoms with E-state index in [1.807, 2.05) is 18.2 Å². The van der Waals surface area contributed by atoms with E-state index in [1.54, 1.807) is 12.1 Å². The monoisotopic (exact) mass is 217 g/mol. The Morgan fingerprint density at radius 2 is 2.06 bits per heavy atom. The number of para-hydroxylation sites is 1. The number of amides is 1. The molecule has 0 spiro atoms. The van der Waals surface area contributed by atoms with Crippen molar-refractivity contribution in [2.24, 2.45) is 10.8 Å². The number of rotatable bonds is 2. The molecular weight excluding hydrogens is 206 g/mol. The van der Waals surface area contributed by atoms with Crippen molar-refractivity contribution >= 4 is 17.4 Å². The summed E-state index contributed by atoms with van der Waals surface area (Å²) in [5.41, 5.74) is 6.57. The van der Waals surface area contributed by atoms with Crippen molar-refractivity contribution in [3.63, 3.8) is 0 Å². The smallest absolute Gasteiger partial charge is 0.285 e. The number of carbonyl (C=O) groups is 1. The minimum Gasteiger partial charge on any atom is -0.503 e. The van der Waals surface area contributed by atoms with E-state index < -0.39 is 0 Å². The molecule has 0 unspecified atom stereocenters. The summed E-state index contributed by atoms with van der Waals surface area (Å²) in [6.07, 6.45) is 1.30. The summed E-state index contributed by atoms with van der Waals surface area (Å²) in [7, 11) is 1.46. The quantitative estimate of drug-likeness (QED) is 0.589. The zero-order valence-electron chi connectivity index (χ0n) is 8.75. The van der Waals surface area contributed by atoms with Crippen molar-refractivity contribution in [2.75, 3.05) is 12.1 Å². The van der Waals surface area contributed by atoms with Gasteiger partial charge in [-0.15, -0.1) is 5.10 Å². The third kappa shape index (κ3) is 1.63. The number of anilines is 1. The van der Waals surface area contributed by atoms with Crippen molar-refractivity contribution in [2.45, 2.75) is 0 Å². The maximum absolute atomic E-state index is 11.9. The molecule has 0 bridgehead atoms. The zero-order chi connectivity index (χ0) is 11.5. The molecular formula is C11H11N3O2. The van der Waals surface area contributed by atoms with E-state index in [0.29, 0.717) is 5.69 Å². The fraction of sp³-hybridized carbons (Fsp3) is 0.0909. The Balaban J connectivity index is 2.35. The third-order valence-electron chi connectivity index (χ3n) is 2.14. The molecule has 0 atom stereocenters. The van der Waals surface area contributed by atoms with Crippen molar-refractivity contribution in [3.8, 4) is 0 Å². The summed E-state index contributed by atoms with van der Waals surface area (Å²) in [4.78, 5) is 11.9. The Morgan fingerprint density at radius 3 is 2.69 bits per heavy atom. The van der Waals surface area contributed by atoms with Crippen molar-refractivity contribution in [1.29, 1.82) is 0 Å². The molecule has 5 heteroatoms. The first-order valence-electron chi connectivity index (χ1n) is 4.71. The van der Waals surface area contributed by atoms with Crippen LogP contribution in [0.1, 0.15) is 0 Å². The van der Waals surface area contributed by atoms with E-state index in [-0.39, 0.29) is 17.3 Å². The van der Waals surface area contributed by atoms with Crippen LogP contribution in [0.3, 0.4) is 0 Å². The van der Waals surface area contributed by atoms with E-state index in [0.717, 1.165) is 0 Å². The second-order valence-corrected chi connectivity index (χ2v) is 3.20. The zero-order valence-corrected chi connectivity index (χ0v) is 8.75. The molecule has 5 nitrogen and oxygen atoms in total. The molecule has 1 heterocycles. The van der Waals surface area contributed by atoms with E-state index in [1.165, 1.54) is 18.4 Å². The number of hydrogen-bond donors (Lipinski definition) is 1. The molecule has 2 N–H and O–H groups in total. The normalized spacial score (nSPS) is 17.8. The van der Waals surface area contributed by atoms with Crippen LogP contribution in [0.15, 0.2) is 47.3 Å². The van der Waals surface area contributed by atoms with Gasteiger partial charge in [0.2, 0.25) is 0 Å². The van der Waals surface area contributed by atoms with Crippen LogP contribution in [0.5, 0.6) is 0 Å². The lowest BCUT2D eigenvalue weighted by Crippen LogP contribution is -2.22. The molecule has 1 aromatic carbocycles. The summed E-state index contributed by atoms with van der Waals surface area (Å²) < 4.78 is 4.78. The summed E-state index contributed by atoms with van der Waals surface area (Å²) >= 11 is 0. The maximum atomic E-state index is 11.9. The fourth-order valence-corrected chi connectivity index (χ4v) is 1.40. The Kier molecular flexibility index (Phi) is 2.59. The van der Waals surface area contributed by atoms with Gasteiger partial charge in [-0.05, 0) is 12.1 Å². The number of carbonyl (C=O) groups excluding carboxylic acids is 1. The molecule has 0 radical (unpaired) electrons. The molecule has 0 saturated carbocycles. The van der Waals surface area contributed by atoms with E-state index in [2.05, 4.69) is 5.10 Å². The minimum atomic E-state index is -0.287. The molecule has 1 amide bonds. The number of amidine groups is 1. The van der Waals surface area contributed by atoms with E-state index in [4.69, 9.17) is 10.5 Å². The summed E-state index contributed by atoms with van der Waals surface area (Å²) in [6, 6.07) is 9.08. The number of methoxy groups -OCH3 is 1. The van der Waals surface area contributed by atoms with E-state index >= 15 is 0 Å². The minimum absolute atomic E-state index is 0.163. The van der Waals surface area contributed by atoms with Gasteiger partial charge in [0, 0.05) is 0 Å². The van der Waals surface area contributed by atoms with Crippen LogP contribution in [0.4, 0.5) is 5.69 Å². The lowest BCUT2D eigenvalue weighted by atomic mass is 10.2. The van der Waals surface area contributed by atoms with Gasteiger partial charge < -0.3 is 10.5 Å². The third-order valence-corrected chi connectivity index (χ3v) is 2.14. The molecule has 1 aliphatic heterocycles. The van der Waals surface area contributed by atoms with Crippen LogP contribution in [-0.2, 0) is 9.53 Å². The number of hydrogen-bond acceptors (Lipinski definition) is 4. The topological polar surface area (TPSA) is 67.9 Å². The number of nitrogens with two attached hydrogens (primary N) is 1. The van der Waals surface area contributed by atoms with Crippen molar-refractivity contribution in [1.82, 2.24) is 0 Å². The van der Waals surface area contributed by atoms with Gasteiger partial charge in [-0.1, -0.05) is 18.2 Å². The Morgan fingerprint density at radius 1 is 1.38 bits per heavy atom. The average Bonchev–Trinajstić information content (AvgIpc) is 2.59. The standard InChI is InChI=1S/C11H11N3O2/c1-16-7-9-10(12)13-14(11(9)15)8-5-3-2-4-6-8/h2-7H,1H3,(H2,12,13)/b9-7-. The highest BCUT2D eigenvalue weighted by Crippen LogP contribution is 2.21. The number of nitrogens with zero attached hydrogens (tertiary/aromatic N) is 2. The maximum Gasteiger partial charge on any atom is 0.285 e. The summed E-state index contributed by atoms with van der Waals surface area (Å²) in [5, 5.41) is 5.22. The van der Waals surface area contributed by atoms with Crippen molar-refractivity contribution in [3.05, 3.63) is 42.2 Å². The van der Waals surface area contributed by atoms with Crippen LogP contribution in [0.2, 0.25) is 0 Å². The molecule has 1 aliphatic rings. The molecule has 0 aliphatic carbocycles. The Hall–Kier alpha value is -2.30. The number of benzene rings is 1. The average molecular weight is 217 g/mol. The van der Waals surface area contributed by atoms with Gasteiger partial charge in [-0.2, -0.15) is 5.01 Å². The van der Waals surface area contributed by atoms with Gasteiger partial charge in [-0.3, -0.25) is 4.79 Å². The van der Waals surface area contributed by atoms with Crippen LogP contribution in [0.25, 0.3) is 0 Å². The highest BCUT2D eigenvalue weighted by molar-refractivity contribution is 6.29. The molecule has 2 rings (SSSR count). The second-order valence-electron chi connectivity index (χ2n) is 3.20. The first kappa shape index (κ1) is 10.2. The molecule has 16 heavy (non-hydrogen) atoms.